The van der Waals surface area contributed by atoms with Gasteiger partial charge in [0.05, 0.1) is 11.5 Å². The van der Waals surface area contributed by atoms with Crippen LogP contribution in [0.4, 0.5) is 11.4 Å². The Bertz CT molecular complexity index is 1010. The van der Waals surface area contributed by atoms with Crippen molar-refractivity contribution in [3.05, 3.63) is 47.0 Å². The maximum absolute atomic E-state index is 12.9. The first-order valence-corrected chi connectivity index (χ1v) is 11.4. The van der Waals surface area contributed by atoms with Crippen LogP contribution in [0.25, 0.3) is 0 Å². The second-order valence-corrected chi connectivity index (χ2v) is 9.11. The number of hydrogen-bond donors (Lipinski definition) is 1. The molecule has 1 aliphatic rings. The van der Waals surface area contributed by atoms with Crippen molar-refractivity contribution < 1.29 is 17.9 Å². The van der Waals surface area contributed by atoms with Crippen molar-refractivity contribution in [1.29, 1.82) is 0 Å². The molecule has 2 aromatic rings. The Morgan fingerprint density at radius 2 is 1.72 bits per heavy atom. The Hall–Kier alpha value is -2.54. The molecule has 1 heterocycles. The van der Waals surface area contributed by atoms with Gasteiger partial charge in [-0.25, -0.2) is 8.42 Å². The van der Waals surface area contributed by atoms with Gasteiger partial charge in [-0.15, -0.1) is 0 Å². The van der Waals surface area contributed by atoms with E-state index < -0.39 is 10.0 Å². The summed E-state index contributed by atoms with van der Waals surface area (Å²) in [4.78, 5) is 14.2. The van der Waals surface area contributed by atoms with Gasteiger partial charge in [-0.05, 0) is 87.6 Å². The number of hydrogen-bond acceptors (Lipinski definition) is 4. The van der Waals surface area contributed by atoms with Gasteiger partial charge in [0.2, 0.25) is 5.91 Å². The van der Waals surface area contributed by atoms with Crippen LogP contribution in [-0.2, 0) is 14.8 Å². The van der Waals surface area contributed by atoms with E-state index in [0.717, 1.165) is 41.0 Å². The van der Waals surface area contributed by atoms with Crippen molar-refractivity contribution in [1.82, 2.24) is 0 Å². The van der Waals surface area contributed by atoms with Crippen LogP contribution in [0.15, 0.2) is 35.2 Å². The molecule has 29 heavy (non-hydrogen) atoms. The van der Waals surface area contributed by atoms with Crippen LogP contribution in [-0.4, -0.2) is 27.5 Å². The van der Waals surface area contributed by atoms with Crippen LogP contribution in [0.5, 0.6) is 5.75 Å². The van der Waals surface area contributed by atoms with Gasteiger partial charge in [0.25, 0.3) is 10.0 Å². The summed E-state index contributed by atoms with van der Waals surface area (Å²) in [6, 6.07) is 8.52. The van der Waals surface area contributed by atoms with Gasteiger partial charge in [0, 0.05) is 24.3 Å². The Balaban J connectivity index is 1.85. The zero-order valence-electron chi connectivity index (χ0n) is 17.4. The maximum atomic E-state index is 12.9. The lowest BCUT2D eigenvalue weighted by Gasteiger charge is -2.28. The molecule has 0 aliphatic carbocycles. The first kappa shape index (κ1) is 21.2. The Morgan fingerprint density at radius 1 is 1.03 bits per heavy atom. The van der Waals surface area contributed by atoms with E-state index in [1.165, 1.54) is 0 Å². The van der Waals surface area contributed by atoms with E-state index >= 15 is 0 Å². The maximum Gasteiger partial charge on any atom is 0.261 e. The van der Waals surface area contributed by atoms with Crippen LogP contribution < -0.4 is 14.4 Å². The van der Waals surface area contributed by atoms with Crippen molar-refractivity contribution in [3.63, 3.8) is 0 Å². The largest absolute Gasteiger partial charge is 0.493 e. The standard InChI is InChI=1S/C22H28N2O4S/c1-5-28-22-16(3)13-19(14-17(22)4)29(26,27)23-18-9-10-20(15(2)12-18)24-11-7-6-8-21(24)25/h9-10,12-14,23H,5-8,11H2,1-4H3. The Morgan fingerprint density at radius 3 is 2.31 bits per heavy atom. The van der Waals surface area contributed by atoms with Crippen LogP contribution in [0.3, 0.4) is 0 Å². The third kappa shape index (κ3) is 4.56. The summed E-state index contributed by atoms with van der Waals surface area (Å²) < 4.78 is 34.1. The van der Waals surface area contributed by atoms with Gasteiger partial charge < -0.3 is 9.64 Å². The molecule has 0 unspecified atom stereocenters. The van der Waals surface area contributed by atoms with Crippen molar-refractivity contribution in [3.8, 4) is 5.75 Å². The molecule has 0 bridgehead atoms. The number of aryl methyl sites for hydroxylation is 3. The van der Waals surface area contributed by atoms with E-state index in [-0.39, 0.29) is 10.8 Å². The molecular weight excluding hydrogens is 388 g/mol. The lowest BCUT2D eigenvalue weighted by atomic mass is 10.1. The summed E-state index contributed by atoms with van der Waals surface area (Å²) in [6.45, 7) is 8.69. The number of carbonyl (C=O) groups is 1. The third-order valence-corrected chi connectivity index (χ3v) is 6.46. The first-order chi connectivity index (χ1) is 13.7. The molecule has 1 fully saturated rings. The molecule has 0 saturated carbocycles. The number of piperidine rings is 1. The summed E-state index contributed by atoms with van der Waals surface area (Å²) in [6.07, 6.45) is 2.47. The van der Waals surface area contributed by atoms with E-state index in [4.69, 9.17) is 4.74 Å². The lowest BCUT2D eigenvalue weighted by molar-refractivity contribution is -0.119. The monoisotopic (exact) mass is 416 g/mol. The summed E-state index contributed by atoms with van der Waals surface area (Å²) in [5, 5.41) is 0. The average Bonchev–Trinajstić information content (AvgIpc) is 2.65. The summed E-state index contributed by atoms with van der Waals surface area (Å²) in [7, 11) is -3.74. The quantitative estimate of drug-likeness (QED) is 0.761. The average molecular weight is 417 g/mol. The van der Waals surface area contributed by atoms with Gasteiger partial charge in [-0.3, -0.25) is 9.52 Å². The highest BCUT2D eigenvalue weighted by atomic mass is 32.2. The molecule has 6 nitrogen and oxygen atoms in total. The normalized spacial score (nSPS) is 14.8. The van der Waals surface area contributed by atoms with Gasteiger partial charge in [0.1, 0.15) is 5.75 Å². The SMILES string of the molecule is CCOc1c(C)cc(S(=O)(=O)Nc2ccc(N3CCCCC3=O)c(C)c2)cc1C. The molecule has 0 atom stereocenters. The second-order valence-electron chi connectivity index (χ2n) is 7.43. The lowest BCUT2D eigenvalue weighted by Crippen LogP contribution is -2.35. The van der Waals surface area contributed by atoms with E-state index in [0.29, 0.717) is 25.3 Å². The summed E-state index contributed by atoms with van der Waals surface area (Å²) in [5.41, 5.74) is 3.73. The second kappa shape index (κ2) is 8.45. The Kier molecular flexibility index (Phi) is 6.17. The fourth-order valence-electron chi connectivity index (χ4n) is 3.73. The van der Waals surface area contributed by atoms with E-state index in [2.05, 4.69) is 4.72 Å². The minimum atomic E-state index is -3.74. The fourth-order valence-corrected chi connectivity index (χ4v) is 4.95. The summed E-state index contributed by atoms with van der Waals surface area (Å²) in [5.74, 6) is 0.839. The number of amides is 1. The van der Waals surface area contributed by atoms with Crippen molar-refractivity contribution in [2.24, 2.45) is 0 Å². The smallest absolute Gasteiger partial charge is 0.261 e. The predicted octanol–water partition coefficient (Wildman–Crippen LogP) is 4.33. The van der Waals surface area contributed by atoms with Crippen LogP contribution in [0, 0.1) is 20.8 Å². The molecule has 1 amide bonds. The fraction of sp³-hybridized carbons (Fsp3) is 0.409. The third-order valence-electron chi connectivity index (χ3n) is 5.10. The van der Waals surface area contributed by atoms with Crippen molar-refractivity contribution in [2.45, 2.75) is 51.9 Å². The van der Waals surface area contributed by atoms with E-state index in [9.17, 15) is 13.2 Å². The highest BCUT2D eigenvalue weighted by molar-refractivity contribution is 7.92. The van der Waals surface area contributed by atoms with Crippen LogP contribution >= 0.6 is 0 Å². The van der Waals surface area contributed by atoms with Crippen LogP contribution in [0.1, 0.15) is 42.9 Å². The van der Waals surface area contributed by atoms with Gasteiger partial charge >= 0.3 is 0 Å². The zero-order valence-corrected chi connectivity index (χ0v) is 18.2. The molecule has 7 heteroatoms. The molecule has 0 spiro atoms. The number of rotatable bonds is 6. The van der Waals surface area contributed by atoms with Crippen LogP contribution in [0.2, 0.25) is 0 Å². The van der Waals surface area contributed by atoms with Gasteiger partial charge in [-0.1, -0.05) is 0 Å². The highest BCUT2D eigenvalue weighted by Gasteiger charge is 2.22. The van der Waals surface area contributed by atoms with Crippen molar-refractivity contribution in [2.75, 3.05) is 22.8 Å². The topological polar surface area (TPSA) is 75.7 Å². The van der Waals surface area contributed by atoms with E-state index in [1.54, 1.807) is 29.2 Å². The molecule has 3 rings (SSSR count). The molecule has 0 aromatic heterocycles. The molecule has 2 aromatic carbocycles. The predicted molar refractivity (Wildman–Crippen MR) is 115 cm³/mol. The minimum Gasteiger partial charge on any atom is -0.493 e. The van der Waals surface area contributed by atoms with Gasteiger partial charge in [0.15, 0.2) is 0 Å². The number of benzene rings is 2. The number of nitrogens with zero attached hydrogens (tertiary/aromatic N) is 1. The molecule has 0 radical (unpaired) electrons. The number of carbonyl (C=O) groups excluding carboxylic acids is 1. The number of anilines is 2. The molecule has 1 saturated heterocycles. The number of nitrogens with one attached hydrogen (secondary N) is 1. The Labute approximate surface area is 172 Å². The summed E-state index contributed by atoms with van der Waals surface area (Å²) >= 11 is 0. The molecule has 1 aliphatic heterocycles. The first-order valence-electron chi connectivity index (χ1n) is 9.91. The number of sulfonamides is 1. The van der Waals surface area contributed by atoms with E-state index in [1.807, 2.05) is 33.8 Å². The zero-order chi connectivity index (χ0) is 21.2. The highest BCUT2D eigenvalue weighted by Crippen LogP contribution is 2.30. The molecular formula is C22H28N2O4S. The van der Waals surface area contributed by atoms with Crippen molar-refractivity contribution >= 4 is 27.3 Å². The minimum absolute atomic E-state index is 0.119. The molecule has 156 valence electrons. The number of ether oxygens (including phenoxy) is 1. The molecule has 1 N–H and O–H groups in total. The van der Waals surface area contributed by atoms with Gasteiger partial charge in [-0.2, -0.15) is 0 Å².